The lowest BCUT2D eigenvalue weighted by Gasteiger charge is -2.09. The van der Waals surface area contributed by atoms with E-state index in [9.17, 15) is 8.78 Å². The molecule has 1 aromatic rings. The maximum atomic E-state index is 12.5. The molecular weight excluding hydrogens is 293 g/mol. The highest BCUT2D eigenvalue weighted by Gasteiger charge is 2.20. The Morgan fingerprint density at radius 1 is 1.62 bits per heavy atom. The molecule has 0 aliphatic rings. The Bertz CT molecular complexity index is 320. The first-order valence-electron chi connectivity index (χ1n) is 3.34. The van der Waals surface area contributed by atoms with E-state index >= 15 is 0 Å². The van der Waals surface area contributed by atoms with Crippen LogP contribution in [0.1, 0.15) is 12.0 Å². The van der Waals surface area contributed by atoms with Crippen molar-refractivity contribution in [3.63, 3.8) is 0 Å². The molecule has 0 radical (unpaired) electrons. The number of pyridine rings is 1. The Kier molecular flexibility index (Phi) is 3.23. The number of ether oxygens (including phenoxy) is 1. The van der Waals surface area contributed by atoms with Crippen molar-refractivity contribution in [1.29, 1.82) is 0 Å². The van der Waals surface area contributed by atoms with E-state index in [-0.39, 0.29) is 17.1 Å². The first kappa shape index (κ1) is 10.4. The number of hydrogen-bond acceptors (Lipinski definition) is 3. The molecule has 0 unspecified atom stereocenters. The zero-order chi connectivity index (χ0) is 10.0. The van der Waals surface area contributed by atoms with Crippen LogP contribution in [0.2, 0.25) is 0 Å². The summed E-state index contributed by atoms with van der Waals surface area (Å²) in [7, 11) is 1.29. The largest absolute Gasteiger partial charge is 0.481 e. The van der Waals surface area contributed by atoms with E-state index in [4.69, 9.17) is 10.5 Å². The summed E-state index contributed by atoms with van der Waals surface area (Å²) in [5.74, 6) is -0.0754. The summed E-state index contributed by atoms with van der Waals surface area (Å²) < 4.78 is 29.9. The highest BCUT2D eigenvalue weighted by Crippen LogP contribution is 2.33. The molecule has 0 bridgehead atoms. The molecule has 1 aromatic heterocycles. The van der Waals surface area contributed by atoms with Gasteiger partial charge in [0.1, 0.15) is 0 Å². The second kappa shape index (κ2) is 4.03. The van der Waals surface area contributed by atoms with Gasteiger partial charge in [0.2, 0.25) is 5.88 Å². The Hall–Kier alpha value is -0.660. The number of aromatic nitrogens is 1. The molecular formula is C7H7F2IN2O. The van der Waals surface area contributed by atoms with Gasteiger partial charge in [-0.1, -0.05) is 0 Å². The maximum Gasteiger partial charge on any atom is 0.270 e. The monoisotopic (exact) mass is 300 g/mol. The number of halogens is 3. The molecule has 2 N–H and O–H groups in total. The Morgan fingerprint density at radius 3 is 2.69 bits per heavy atom. The van der Waals surface area contributed by atoms with Crippen molar-refractivity contribution in [3.8, 4) is 5.88 Å². The molecule has 0 fully saturated rings. The maximum absolute atomic E-state index is 12.5. The van der Waals surface area contributed by atoms with E-state index in [1.54, 1.807) is 22.6 Å². The second-order valence-corrected chi connectivity index (χ2v) is 3.33. The van der Waals surface area contributed by atoms with Gasteiger partial charge in [-0.25, -0.2) is 13.8 Å². The van der Waals surface area contributed by atoms with Crippen molar-refractivity contribution in [1.82, 2.24) is 4.98 Å². The smallest absolute Gasteiger partial charge is 0.270 e. The minimum atomic E-state index is -2.63. The summed E-state index contributed by atoms with van der Waals surface area (Å²) in [4.78, 5) is 3.65. The van der Waals surface area contributed by atoms with Gasteiger partial charge >= 0.3 is 0 Å². The van der Waals surface area contributed by atoms with Gasteiger partial charge < -0.3 is 10.5 Å². The molecule has 3 nitrogen and oxygen atoms in total. The molecule has 6 heteroatoms. The predicted octanol–water partition coefficient (Wildman–Crippen LogP) is 2.21. The lowest BCUT2D eigenvalue weighted by Crippen LogP contribution is -2.02. The van der Waals surface area contributed by atoms with Gasteiger partial charge in [0.05, 0.1) is 28.1 Å². The van der Waals surface area contributed by atoms with E-state index in [0.29, 0.717) is 3.57 Å². The van der Waals surface area contributed by atoms with Gasteiger partial charge in [0.15, 0.2) is 0 Å². The third-order valence-corrected chi connectivity index (χ3v) is 2.66. The van der Waals surface area contributed by atoms with Crippen LogP contribution in [0, 0.1) is 3.57 Å². The van der Waals surface area contributed by atoms with Crippen molar-refractivity contribution in [2.45, 2.75) is 6.43 Å². The van der Waals surface area contributed by atoms with Crippen molar-refractivity contribution in [3.05, 3.63) is 15.3 Å². The average molecular weight is 300 g/mol. The fourth-order valence-electron chi connectivity index (χ4n) is 0.856. The molecule has 1 heterocycles. The Morgan fingerprint density at radius 2 is 2.23 bits per heavy atom. The van der Waals surface area contributed by atoms with Crippen molar-refractivity contribution >= 4 is 28.3 Å². The van der Waals surface area contributed by atoms with Gasteiger partial charge in [0.25, 0.3) is 6.43 Å². The topological polar surface area (TPSA) is 48.1 Å². The fraction of sp³-hybridized carbons (Fsp3) is 0.286. The van der Waals surface area contributed by atoms with Crippen LogP contribution in [0.25, 0.3) is 0 Å². The van der Waals surface area contributed by atoms with Crippen LogP contribution in [-0.2, 0) is 0 Å². The molecule has 1 rings (SSSR count). The number of rotatable bonds is 2. The quantitative estimate of drug-likeness (QED) is 0.852. The standard InChI is InChI=1S/C7H7F2IN2O/c1-13-7-4(6(8)9)5(10)3(11)2-12-7/h2,6H,11H2,1H3. The molecule has 0 spiro atoms. The number of methoxy groups -OCH3 is 1. The summed E-state index contributed by atoms with van der Waals surface area (Å²) >= 11 is 1.74. The first-order valence-corrected chi connectivity index (χ1v) is 4.41. The van der Waals surface area contributed by atoms with E-state index in [2.05, 4.69) is 4.98 Å². The van der Waals surface area contributed by atoms with E-state index in [1.165, 1.54) is 13.3 Å². The minimum Gasteiger partial charge on any atom is -0.481 e. The zero-order valence-corrected chi connectivity index (χ0v) is 8.88. The number of hydrogen-bond donors (Lipinski definition) is 1. The number of nitrogens with two attached hydrogens (primary N) is 1. The second-order valence-electron chi connectivity index (χ2n) is 2.25. The summed E-state index contributed by atoms with van der Waals surface area (Å²) in [6.07, 6.45) is -1.33. The van der Waals surface area contributed by atoms with Crippen LogP contribution in [0.3, 0.4) is 0 Å². The third kappa shape index (κ3) is 1.98. The summed E-state index contributed by atoms with van der Waals surface area (Å²) in [6.45, 7) is 0. The molecule has 0 aromatic carbocycles. The third-order valence-electron chi connectivity index (χ3n) is 1.45. The molecule has 72 valence electrons. The highest BCUT2D eigenvalue weighted by atomic mass is 127. The van der Waals surface area contributed by atoms with Gasteiger partial charge in [-0.2, -0.15) is 0 Å². The fourth-order valence-corrected chi connectivity index (χ4v) is 1.46. The van der Waals surface area contributed by atoms with E-state index in [0.717, 1.165) is 0 Å². The van der Waals surface area contributed by atoms with Crippen LogP contribution in [0.15, 0.2) is 6.20 Å². The predicted molar refractivity (Wildman–Crippen MR) is 52.9 cm³/mol. The van der Waals surface area contributed by atoms with Crippen LogP contribution in [0.4, 0.5) is 14.5 Å². The molecule has 0 amide bonds. The van der Waals surface area contributed by atoms with Crippen LogP contribution >= 0.6 is 22.6 Å². The van der Waals surface area contributed by atoms with E-state index < -0.39 is 6.43 Å². The van der Waals surface area contributed by atoms with Crippen molar-refractivity contribution in [2.24, 2.45) is 0 Å². The lowest BCUT2D eigenvalue weighted by molar-refractivity contribution is 0.145. The van der Waals surface area contributed by atoms with Gasteiger partial charge in [-0.15, -0.1) is 0 Å². The molecule has 13 heavy (non-hydrogen) atoms. The normalized spacial score (nSPS) is 10.5. The first-order chi connectivity index (χ1) is 6.07. The van der Waals surface area contributed by atoms with E-state index in [1.807, 2.05) is 0 Å². The number of nitrogens with zero attached hydrogens (tertiary/aromatic N) is 1. The minimum absolute atomic E-state index is 0.0754. The average Bonchev–Trinajstić information content (AvgIpc) is 2.08. The Labute approximate surface area is 87.4 Å². The lowest BCUT2D eigenvalue weighted by atomic mass is 10.2. The number of nitrogen functional groups attached to an aromatic ring is 1. The van der Waals surface area contributed by atoms with Gasteiger partial charge in [0, 0.05) is 0 Å². The summed E-state index contributed by atoms with van der Waals surface area (Å²) in [5, 5.41) is 0. The SMILES string of the molecule is COc1ncc(N)c(I)c1C(F)F. The molecule has 0 saturated carbocycles. The highest BCUT2D eigenvalue weighted by molar-refractivity contribution is 14.1. The summed E-state index contributed by atoms with van der Waals surface area (Å²) in [6, 6.07) is 0. The van der Waals surface area contributed by atoms with Crippen molar-refractivity contribution in [2.75, 3.05) is 12.8 Å². The zero-order valence-electron chi connectivity index (χ0n) is 6.72. The van der Waals surface area contributed by atoms with Gasteiger partial charge in [-0.3, -0.25) is 0 Å². The molecule has 0 aliphatic heterocycles. The van der Waals surface area contributed by atoms with Crippen LogP contribution < -0.4 is 10.5 Å². The van der Waals surface area contributed by atoms with Crippen molar-refractivity contribution < 1.29 is 13.5 Å². The van der Waals surface area contributed by atoms with Crippen LogP contribution in [-0.4, -0.2) is 12.1 Å². The van der Waals surface area contributed by atoms with Gasteiger partial charge in [-0.05, 0) is 22.6 Å². The van der Waals surface area contributed by atoms with Crippen LogP contribution in [0.5, 0.6) is 5.88 Å². The summed E-state index contributed by atoms with van der Waals surface area (Å²) in [5.41, 5.74) is 5.41. The molecule has 0 saturated heterocycles. The number of alkyl halides is 2. The molecule has 0 aliphatic carbocycles. The number of anilines is 1. The Balaban J connectivity index is 3.32. The molecule has 0 atom stereocenters.